The molecule has 32 heavy (non-hydrogen) atoms. The lowest BCUT2D eigenvalue weighted by atomic mass is 9.44. The van der Waals surface area contributed by atoms with Gasteiger partial charge in [-0.3, -0.25) is 10.1 Å². The summed E-state index contributed by atoms with van der Waals surface area (Å²) in [5.74, 6) is -0.516. The first-order valence-electron chi connectivity index (χ1n) is 11.7. The van der Waals surface area contributed by atoms with Crippen LogP contribution in [0.3, 0.4) is 0 Å². The van der Waals surface area contributed by atoms with Gasteiger partial charge >= 0.3 is 11.9 Å². The maximum atomic E-state index is 12.8. The fraction of sp³-hybridized carbons (Fsp3) is 0.760. The number of esters is 2. The third-order valence-electron chi connectivity index (χ3n) is 8.87. The average Bonchev–Trinajstić information content (AvgIpc) is 3.14. The van der Waals surface area contributed by atoms with Crippen molar-refractivity contribution in [3.63, 3.8) is 0 Å². The minimum absolute atomic E-state index is 0.0732. The Morgan fingerprint density at radius 3 is 2.59 bits per heavy atom. The molecule has 0 unspecified atom stereocenters. The van der Waals surface area contributed by atoms with Crippen LogP contribution in [0.25, 0.3) is 0 Å². The zero-order valence-corrected chi connectivity index (χ0v) is 19.7. The monoisotopic (exact) mass is 448 g/mol. The van der Waals surface area contributed by atoms with Gasteiger partial charge in [0.05, 0.1) is 11.0 Å². The van der Waals surface area contributed by atoms with Gasteiger partial charge in [0.2, 0.25) is 0 Å². The zero-order valence-electron chi connectivity index (χ0n) is 19.7. The molecule has 4 aliphatic rings. The number of hydrogen-bond donors (Lipinski definition) is 2. The van der Waals surface area contributed by atoms with Crippen molar-refractivity contribution >= 4 is 11.9 Å². The Labute approximate surface area is 189 Å². The molecule has 7 nitrogen and oxygen atoms in total. The second-order valence-electron chi connectivity index (χ2n) is 11.4. The summed E-state index contributed by atoms with van der Waals surface area (Å²) >= 11 is 0. The van der Waals surface area contributed by atoms with Gasteiger partial charge in [0.25, 0.3) is 0 Å². The molecule has 178 valence electrons. The molecule has 0 spiro atoms. The molecular weight excluding hydrogens is 412 g/mol. The van der Waals surface area contributed by atoms with Crippen molar-refractivity contribution in [2.75, 3.05) is 0 Å². The number of aliphatic hydroxyl groups is 1. The van der Waals surface area contributed by atoms with E-state index >= 15 is 0 Å². The lowest BCUT2D eigenvalue weighted by Crippen LogP contribution is -2.61. The Hall–Kier alpha value is -1.70. The number of rotatable bonds is 6. The smallest absolute Gasteiger partial charge is 0.331 e. The predicted octanol–water partition coefficient (Wildman–Crippen LogP) is 3.95. The normalized spacial score (nSPS) is 45.3. The minimum atomic E-state index is -1.00. The van der Waals surface area contributed by atoms with Gasteiger partial charge < -0.3 is 14.6 Å². The molecule has 2 aliphatic heterocycles. The SMILES string of the molecule is CC1=CC(=O)O[C@H]1C=C[C@](C)(CC[C@@H]1[C@@]2(C)CCC[C@@]3(C)C(=O)O[C@@H](C[C@@]1(C)O)[C@H]23)OO. The molecule has 2 heterocycles. The van der Waals surface area contributed by atoms with Crippen LogP contribution in [0.5, 0.6) is 0 Å². The van der Waals surface area contributed by atoms with E-state index in [1.807, 2.05) is 20.8 Å². The van der Waals surface area contributed by atoms with E-state index in [4.69, 9.17) is 14.4 Å². The molecular formula is C25H36O7. The number of carbonyl (C=O) groups is 2. The summed E-state index contributed by atoms with van der Waals surface area (Å²) in [6.45, 7) is 9.66. The molecule has 1 saturated heterocycles. The second-order valence-corrected chi connectivity index (χ2v) is 11.4. The lowest BCUT2D eigenvalue weighted by molar-refractivity contribution is -0.306. The van der Waals surface area contributed by atoms with Crippen molar-refractivity contribution in [3.05, 3.63) is 23.8 Å². The average molecular weight is 449 g/mol. The second kappa shape index (κ2) is 7.67. The van der Waals surface area contributed by atoms with Crippen LogP contribution in [0.2, 0.25) is 0 Å². The van der Waals surface area contributed by atoms with Crippen molar-refractivity contribution in [3.8, 4) is 0 Å². The highest BCUT2D eigenvalue weighted by atomic mass is 17.1. The summed E-state index contributed by atoms with van der Waals surface area (Å²) in [6, 6.07) is 0. The van der Waals surface area contributed by atoms with Crippen molar-refractivity contribution in [2.45, 2.75) is 96.6 Å². The topological polar surface area (TPSA) is 102 Å². The molecule has 0 bridgehead atoms. The molecule has 0 radical (unpaired) electrons. The summed E-state index contributed by atoms with van der Waals surface area (Å²) in [5.41, 5.74) is -1.96. The third kappa shape index (κ3) is 3.62. The van der Waals surface area contributed by atoms with E-state index in [2.05, 4.69) is 6.92 Å². The fourth-order valence-corrected chi connectivity index (χ4v) is 7.32. The summed E-state index contributed by atoms with van der Waals surface area (Å²) in [7, 11) is 0. The standard InChI is InChI=1S/C25H36O7/c1-15-13-19(26)30-16(15)7-11-22(2,32-29)12-8-18-23(3)9-6-10-24(4)20(23)17(31-21(24)27)14-25(18,5)28/h7,11,13,16-18,20,28-29H,6,8-10,12,14H2,1-5H3/t16-,17-,18+,20+,22+,23+,24+,25+/m0/s1. The third-order valence-corrected chi connectivity index (χ3v) is 8.87. The number of carbonyl (C=O) groups excluding carboxylic acids is 2. The lowest BCUT2D eigenvalue weighted by Gasteiger charge is -2.59. The van der Waals surface area contributed by atoms with E-state index in [9.17, 15) is 20.0 Å². The van der Waals surface area contributed by atoms with E-state index in [0.717, 1.165) is 24.8 Å². The van der Waals surface area contributed by atoms with Gasteiger partial charge in [-0.1, -0.05) is 13.3 Å². The molecule has 7 heteroatoms. The maximum Gasteiger partial charge on any atom is 0.331 e. The molecule has 4 rings (SSSR count). The summed E-state index contributed by atoms with van der Waals surface area (Å²) < 4.78 is 11.0. The maximum absolute atomic E-state index is 12.8. The Bertz CT molecular complexity index is 860. The highest BCUT2D eigenvalue weighted by Gasteiger charge is 2.69. The minimum Gasteiger partial charge on any atom is -0.461 e. The number of ether oxygens (including phenoxy) is 2. The Balaban J connectivity index is 1.55. The van der Waals surface area contributed by atoms with Gasteiger partial charge in [0.1, 0.15) is 17.8 Å². The van der Waals surface area contributed by atoms with Gasteiger partial charge in [-0.25, -0.2) is 9.68 Å². The summed E-state index contributed by atoms with van der Waals surface area (Å²) in [6.07, 6.45) is 8.35. The Morgan fingerprint density at radius 2 is 1.97 bits per heavy atom. The molecule has 2 N–H and O–H groups in total. The molecule has 0 aromatic carbocycles. The van der Waals surface area contributed by atoms with E-state index in [1.165, 1.54) is 6.08 Å². The molecule has 3 fully saturated rings. The van der Waals surface area contributed by atoms with E-state index in [1.54, 1.807) is 19.1 Å². The fourth-order valence-electron chi connectivity index (χ4n) is 7.32. The summed E-state index contributed by atoms with van der Waals surface area (Å²) in [4.78, 5) is 29.1. The van der Waals surface area contributed by atoms with Crippen LogP contribution in [-0.2, 0) is 24.0 Å². The van der Waals surface area contributed by atoms with E-state index in [-0.39, 0.29) is 35.3 Å². The first-order chi connectivity index (χ1) is 14.8. The van der Waals surface area contributed by atoms with Gasteiger partial charge in [-0.2, -0.15) is 0 Å². The van der Waals surface area contributed by atoms with Crippen LogP contribution >= 0.6 is 0 Å². The quantitative estimate of drug-likeness (QED) is 0.274. The van der Waals surface area contributed by atoms with Gasteiger partial charge in [0.15, 0.2) is 0 Å². The zero-order chi connectivity index (χ0) is 23.5. The van der Waals surface area contributed by atoms with Crippen molar-refractivity contribution in [1.29, 1.82) is 0 Å². The molecule has 0 aromatic rings. The van der Waals surface area contributed by atoms with Crippen molar-refractivity contribution < 1.29 is 34.3 Å². The molecule has 2 aliphatic carbocycles. The van der Waals surface area contributed by atoms with Gasteiger partial charge in [0, 0.05) is 18.4 Å². The summed E-state index contributed by atoms with van der Waals surface area (Å²) in [5, 5.41) is 21.2. The van der Waals surface area contributed by atoms with Crippen LogP contribution in [-0.4, -0.2) is 45.7 Å². The first kappa shape index (κ1) is 23.5. The largest absolute Gasteiger partial charge is 0.461 e. The van der Waals surface area contributed by atoms with Crippen LogP contribution in [0.1, 0.15) is 73.1 Å². The van der Waals surface area contributed by atoms with Crippen LogP contribution < -0.4 is 0 Å². The van der Waals surface area contributed by atoms with Crippen molar-refractivity contribution in [2.24, 2.45) is 22.7 Å². The van der Waals surface area contributed by atoms with Crippen LogP contribution in [0, 0.1) is 22.7 Å². The predicted molar refractivity (Wildman–Crippen MR) is 116 cm³/mol. The molecule has 2 saturated carbocycles. The number of hydrogen-bond acceptors (Lipinski definition) is 7. The Kier molecular flexibility index (Phi) is 5.63. The Morgan fingerprint density at radius 1 is 1.25 bits per heavy atom. The molecule has 0 aromatic heterocycles. The highest BCUT2D eigenvalue weighted by Crippen LogP contribution is 2.66. The van der Waals surface area contributed by atoms with E-state index < -0.39 is 22.7 Å². The molecule has 8 atom stereocenters. The van der Waals surface area contributed by atoms with Gasteiger partial charge in [-0.05, 0) is 82.4 Å². The molecule has 0 amide bonds. The van der Waals surface area contributed by atoms with Crippen LogP contribution in [0.4, 0.5) is 0 Å². The van der Waals surface area contributed by atoms with E-state index in [0.29, 0.717) is 19.3 Å². The van der Waals surface area contributed by atoms with Crippen molar-refractivity contribution in [1.82, 2.24) is 0 Å². The van der Waals surface area contributed by atoms with Crippen LogP contribution in [0.15, 0.2) is 23.8 Å². The highest BCUT2D eigenvalue weighted by molar-refractivity contribution is 5.86. The van der Waals surface area contributed by atoms with Gasteiger partial charge in [-0.15, -0.1) is 0 Å². The first-order valence-corrected chi connectivity index (χ1v) is 11.7. The number of cyclic esters (lactones) is 1.